The predicted octanol–water partition coefficient (Wildman–Crippen LogP) is 4.22. The predicted molar refractivity (Wildman–Crippen MR) is 71.2 cm³/mol. The molecule has 0 spiro atoms. The number of unbranched alkanes of at least 4 members (excludes halogenated alkanes) is 9. The van der Waals surface area contributed by atoms with Gasteiger partial charge in [-0.3, -0.25) is 0 Å². The molecule has 0 aliphatic rings. The minimum Gasteiger partial charge on any atom is -0.813 e. The quantitative estimate of drug-likeness (QED) is 0.182. The Balaban J connectivity index is -0.000000720. The van der Waals surface area contributed by atoms with Crippen molar-refractivity contribution in [1.82, 2.24) is 0 Å². The van der Waals surface area contributed by atoms with E-state index in [1.54, 1.807) is 0 Å². The summed E-state index contributed by atoms with van der Waals surface area (Å²) in [5, 5.41) is 0. The first-order valence-electron chi connectivity index (χ1n) is 6.12. The summed E-state index contributed by atoms with van der Waals surface area (Å²) >= 11 is 1.47. The van der Waals surface area contributed by atoms with Gasteiger partial charge in [-0.15, -0.1) is 0 Å². The average Bonchev–Trinajstić information content (AvgIpc) is 2.16. The molecular formula is C12H26AuInS-. The van der Waals surface area contributed by atoms with E-state index in [1.807, 2.05) is 0 Å². The minimum atomic E-state index is 0. The van der Waals surface area contributed by atoms with Crippen molar-refractivity contribution < 1.29 is 22.4 Å². The average molecular weight is 514 g/mol. The third-order valence-corrected chi connectivity index (χ3v) is 3.72. The third-order valence-electron chi connectivity index (χ3n) is 2.56. The molecule has 0 amide bonds. The Morgan fingerprint density at radius 3 is 1.33 bits per heavy atom. The maximum Gasteiger partial charge on any atom is 0 e. The molecule has 0 fully saturated rings. The fraction of sp³-hybridized carbons (Fsp3) is 1.00. The van der Waals surface area contributed by atoms with Gasteiger partial charge in [0.15, 0.2) is 0 Å². The SMILES string of the molecule is CCCCCCCCCCC[CH2][In].[Au].[SH-]. The van der Waals surface area contributed by atoms with Gasteiger partial charge in [-0.05, 0) is 0 Å². The molecule has 0 N–H and O–H groups in total. The molecule has 0 unspecified atom stereocenters. The van der Waals surface area contributed by atoms with Gasteiger partial charge in [0.25, 0.3) is 0 Å². The fourth-order valence-corrected chi connectivity index (χ4v) is 2.46. The van der Waals surface area contributed by atoms with E-state index in [-0.39, 0.29) is 35.9 Å². The molecule has 0 aliphatic carbocycles. The van der Waals surface area contributed by atoms with E-state index in [2.05, 4.69) is 6.92 Å². The molecule has 0 atom stereocenters. The van der Waals surface area contributed by atoms with Crippen LogP contribution in [0.3, 0.4) is 0 Å². The van der Waals surface area contributed by atoms with Gasteiger partial charge in [0.2, 0.25) is 0 Å². The molecule has 0 aromatic rings. The Bertz CT molecular complexity index is 81.7. The standard InChI is InChI=1S/C12H25.Au.In.H2S/c1-3-5-7-9-11-12-10-8-6-4-2;;;/h1,3-12H2,2H3;;;1H2/p-1. The molecular weight excluding hydrogens is 488 g/mol. The fourth-order valence-electron chi connectivity index (χ4n) is 1.63. The van der Waals surface area contributed by atoms with Crippen molar-refractivity contribution in [1.29, 1.82) is 0 Å². The molecule has 0 aliphatic heterocycles. The smallest absolute Gasteiger partial charge is 0 e. The van der Waals surface area contributed by atoms with Gasteiger partial charge in [0, 0.05) is 22.4 Å². The molecule has 0 aromatic carbocycles. The molecule has 0 nitrogen and oxygen atoms in total. The Hall–Kier alpha value is 1.96. The molecule has 0 heterocycles. The van der Waals surface area contributed by atoms with Crippen LogP contribution in [0.25, 0.3) is 0 Å². The van der Waals surface area contributed by atoms with Gasteiger partial charge in [-0.25, -0.2) is 0 Å². The number of hydrogen-bond acceptors (Lipinski definition) is 1. The molecule has 0 saturated heterocycles. The number of rotatable bonds is 10. The number of hydrogen-bond donors (Lipinski definition) is 0. The molecule has 3 heteroatoms. The summed E-state index contributed by atoms with van der Waals surface area (Å²) in [6, 6.07) is 0. The Morgan fingerprint density at radius 1 is 0.667 bits per heavy atom. The molecule has 3 radical (unpaired) electrons. The van der Waals surface area contributed by atoms with Crippen LogP contribution in [0.1, 0.15) is 71.1 Å². The summed E-state index contributed by atoms with van der Waals surface area (Å²) in [7, 11) is 0. The van der Waals surface area contributed by atoms with E-state index in [9.17, 15) is 0 Å². The van der Waals surface area contributed by atoms with Crippen molar-refractivity contribution >= 4 is 37.9 Å². The Morgan fingerprint density at radius 2 is 1.00 bits per heavy atom. The topological polar surface area (TPSA) is 0 Å². The largest absolute Gasteiger partial charge is 0.813 e. The molecule has 15 heavy (non-hydrogen) atoms. The molecule has 0 rings (SSSR count). The van der Waals surface area contributed by atoms with Crippen LogP contribution in [-0.4, -0.2) is 24.4 Å². The Labute approximate surface area is 134 Å². The van der Waals surface area contributed by atoms with Crippen LogP contribution in [0.4, 0.5) is 0 Å². The van der Waals surface area contributed by atoms with Crippen LogP contribution in [0.15, 0.2) is 0 Å². The van der Waals surface area contributed by atoms with Crippen LogP contribution in [0.5, 0.6) is 0 Å². The summed E-state index contributed by atoms with van der Waals surface area (Å²) in [4.78, 5) is 0. The van der Waals surface area contributed by atoms with E-state index in [0.717, 1.165) is 0 Å². The monoisotopic (exact) mass is 514 g/mol. The van der Waals surface area contributed by atoms with Crippen molar-refractivity contribution in [2.24, 2.45) is 0 Å². The van der Waals surface area contributed by atoms with E-state index in [4.69, 9.17) is 0 Å². The molecule has 0 saturated carbocycles. The maximum absolute atomic E-state index is 2.29. The first kappa shape index (κ1) is 22.2. The van der Waals surface area contributed by atoms with Crippen LogP contribution in [0, 0.1) is 0 Å². The first-order valence-corrected chi connectivity index (χ1v) is 8.45. The zero-order valence-electron chi connectivity index (χ0n) is 10.1. The molecule has 0 bridgehead atoms. The van der Waals surface area contributed by atoms with Crippen molar-refractivity contribution in [2.75, 3.05) is 0 Å². The normalized spacial score (nSPS) is 9.13. The molecule has 0 aromatic heterocycles. The zero-order valence-corrected chi connectivity index (χ0v) is 16.5. The third kappa shape index (κ3) is 21.7. The van der Waals surface area contributed by atoms with Crippen LogP contribution >= 0.6 is 0 Å². The van der Waals surface area contributed by atoms with Crippen molar-refractivity contribution in [3.63, 3.8) is 0 Å². The van der Waals surface area contributed by atoms with E-state index >= 15 is 0 Å². The second-order valence-corrected chi connectivity index (χ2v) is 5.62. The summed E-state index contributed by atoms with van der Waals surface area (Å²) in [5.41, 5.74) is 0. The van der Waals surface area contributed by atoms with Gasteiger partial charge in [-0.2, -0.15) is 0 Å². The van der Waals surface area contributed by atoms with Gasteiger partial charge in [0.1, 0.15) is 0 Å². The Kier molecular flexibility index (Phi) is 31.4. The first-order chi connectivity index (χ1) is 6.41. The van der Waals surface area contributed by atoms with Crippen molar-refractivity contribution in [2.45, 2.75) is 75.3 Å². The summed E-state index contributed by atoms with van der Waals surface area (Å²) in [6.07, 6.45) is 14.7. The van der Waals surface area contributed by atoms with Crippen LogP contribution < -0.4 is 0 Å². The van der Waals surface area contributed by atoms with Gasteiger partial charge < -0.3 is 13.5 Å². The summed E-state index contributed by atoms with van der Waals surface area (Å²) in [6.45, 7) is 2.29. The van der Waals surface area contributed by atoms with Crippen LogP contribution in [-0.2, 0) is 35.9 Å². The van der Waals surface area contributed by atoms with E-state index in [1.165, 1.54) is 92.8 Å². The zero-order chi connectivity index (χ0) is 9.78. The van der Waals surface area contributed by atoms with Crippen LogP contribution in [0.2, 0.25) is 4.18 Å². The maximum atomic E-state index is 2.29. The minimum absolute atomic E-state index is 0. The van der Waals surface area contributed by atoms with Gasteiger partial charge in [0.05, 0.1) is 0 Å². The number of thiol groups is 1. The summed E-state index contributed by atoms with van der Waals surface area (Å²) in [5.74, 6) is 0. The van der Waals surface area contributed by atoms with Crippen molar-refractivity contribution in [3.8, 4) is 0 Å². The van der Waals surface area contributed by atoms with E-state index in [0.29, 0.717) is 0 Å². The summed E-state index contributed by atoms with van der Waals surface area (Å²) < 4.78 is 1.50. The van der Waals surface area contributed by atoms with Gasteiger partial charge in [-0.1, -0.05) is 0 Å². The molecule has 95 valence electrons. The van der Waals surface area contributed by atoms with Gasteiger partial charge >= 0.3 is 99.7 Å². The second-order valence-electron chi connectivity index (χ2n) is 3.97. The van der Waals surface area contributed by atoms with Crippen molar-refractivity contribution in [3.05, 3.63) is 0 Å². The second kappa shape index (κ2) is 21.3. The van der Waals surface area contributed by atoms with E-state index < -0.39 is 0 Å².